The van der Waals surface area contributed by atoms with Crippen molar-refractivity contribution in [2.24, 2.45) is 0 Å². The molecular weight excluding hydrogens is 429 g/mol. The highest BCUT2D eigenvalue weighted by Gasteiger charge is 2.33. The van der Waals surface area contributed by atoms with Crippen LogP contribution in [0.2, 0.25) is 0 Å². The molecule has 6 nitrogen and oxygen atoms in total. The number of anilines is 3. The van der Waals surface area contributed by atoms with E-state index in [0.717, 1.165) is 24.2 Å². The molecular formula is C24H24FN3O3S. The van der Waals surface area contributed by atoms with E-state index in [-0.39, 0.29) is 16.8 Å². The third-order valence-corrected chi connectivity index (χ3v) is 6.86. The number of carbonyl (C=O) groups excluding carboxylic acids is 1. The van der Waals surface area contributed by atoms with E-state index >= 15 is 0 Å². The molecule has 0 fully saturated rings. The molecule has 2 N–H and O–H groups in total. The van der Waals surface area contributed by atoms with Crippen molar-refractivity contribution in [2.45, 2.75) is 37.2 Å². The van der Waals surface area contributed by atoms with Crippen LogP contribution in [0.5, 0.6) is 0 Å². The molecule has 4 rings (SSSR count). The smallest absolute Gasteiger partial charge is 0.261 e. The Hall–Kier alpha value is -3.39. The van der Waals surface area contributed by atoms with E-state index in [4.69, 9.17) is 0 Å². The SMILES string of the molecule is CC(Nc1ccc(NS(=O)(=O)c2ccc(F)cc2)cc1)C(=O)N1c2ccccc2CC1C. The van der Waals surface area contributed by atoms with E-state index in [1.807, 2.05) is 36.1 Å². The van der Waals surface area contributed by atoms with Crippen molar-refractivity contribution in [3.63, 3.8) is 0 Å². The van der Waals surface area contributed by atoms with Crippen LogP contribution in [0.1, 0.15) is 19.4 Å². The van der Waals surface area contributed by atoms with Crippen molar-refractivity contribution >= 4 is 33.0 Å². The fraction of sp³-hybridized carbons (Fsp3) is 0.208. The standard InChI is InChI=1S/C24H24FN3O3S/c1-16-15-18-5-3-4-6-23(18)28(16)24(29)17(2)26-20-9-11-21(12-10-20)27-32(30,31)22-13-7-19(25)8-14-22/h3-14,16-17,26-27H,15H2,1-2H3. The van der Waals surface area contributed by atoms with Crippen LogP contribution in [-0.2, 0) is 21.2 Å². The van der Waals surface area contributed by atoms with Gasteiger partial charge in [-0.1, -0.05) is 18.2 Å². The van der Waals surface area contributed by atoms with Crippen molar-refractivity contribution in [3.8, 4) is 0 Å². The topological polar surface area (TPSA) is 78.5 Å². The van der Waals surface area contributed by atoms with Crippen molar-refractivity contribution in [3.05, 3.63) is 84.2 Å². The van der Waals surface area contributed by atoms with Gasteiger partial charge in [0.15, 0.2) is 0 Å². The second-order valence-corrected chi connectivity index (χ2v) is 9.58. The largest absolute Gasteiger partial charge is 0.374 e. The molecule has 0 bridgehead atoms. The van der Waals surface area contributed by atoms with Gasteiger partial charge in [0.05, 0.1) is 4.90 Å². The van der Waals surface area contributed by atoms with Gasteiger partial charge < -0.3 is 10.2 Å². The van der Waals surface area contributed by atoms with E-state index in [1.54, 1.807) is 31.2 Å². The second kappa shape index (κ2) is 8.63. The van der Waals surface area contributed by atoms with Crippen molar-refractivity contribution in [1.29, 1.82) is 0 Å². The first-order chi connectivity index (χ1) is 15.2. The number of fused-ring (bicyclic) bond motifs is 1. The summed E-state index contributed by atoms with van der Waals surface area (Å²) in [7, 11) is -3.82. The zero-order valence-corrected chi connectivity index (χ0v) is 18.6. The van der Waals surface area contributed by atoms with Gasteiger partial charge in [-0.05, 0) is 80.4 Å². The van der Waals surface area contributed by atoms with Crippen LogP contribution in [-0.4, -0.2) is 26.4 Å². The number of rotatable bonds is 6. The molecule has 2 atom stereocenters. The number of halogens is 1. The molecule has 166 valence electrons. The number of para-hydroxylation sites is 1. The number of hydrogen-bond donors (Lipinski definition) is 2. The maximum Gasteiger partial charge on any atom is 0.261 e. The molecule has 0 aliphatic carbocycles. The Morgan fingerprint density at radius 1 is 1.00 bits per heavy atom. The summed E-state index contributed by atoms with van der Waals surface area (Å²) < 4.78 is 40.4. The van der Waals surface area contributed by atoms with Crippen molar-refractivity contribution in [1.82, 2.24) is 0 Å². The molecule has 0 saturated carbocycles. The zero-order valence-electron chi connectivity index (χ0n) is 17.7. The molecule has 0 radical (unpaired) electrons. The lowest BCUT2D eigenvalue weighted by Crippen LogP contribution is -2.44. The highest BCUT2D eigenvalue weighted by Crippen LogP contribution is 2.32. The van der Waals surface area contributed by atoms with Gasteiger partial charge >= 0.3 is 0 Å². The van der Waals surface area contributed by atoms with Gasteiger partial charge in [-0.15, -0.1) is 0 Å². The highest BCUT2D eigenvalue weighted by atomic mass is 32.2. The van der Waals surface area contributed by atoms with Crippen LogP contribution >= 0.6 is 0 Å². The fourth-order valence-corrected chi connectivity index (χ4v) is 4.94. The van der Waals surface area contributed by atoms with Gasteiger partial charge in [0.2, 0.25) is 5.91 Å². The molecule has 1 heterocycles. The molecule has 0 aromatic heterocycles. The third kappa shape index (κ3) is 4.45. The summed E-state index contributed by atoms with van der Waals surface area (Å²) in [5, 5.41) is 3.19. The molecule has 2 unspecified atom stereocenters. The number of nitrogens with one attached hydrogen (secondary N) is 2. The van der Waals surface area contributed by atoms with Gasteiger partial charge in [-0.3, -0.25) is 9.52 Å². The third-order valence-electron chi connectivity index (χ3n) is 5.46. The Morgan fingerprint density at radius 3 is 2.31 bits per heavy atom. The Balaban J connectivity index is 1.42. The van der Waals surface area contributed by atoms with Gasteiger partial charge in [0, 0.05) is 23.1 Å². The number of carbonyl (C=O) groups is 1. The van der Waals surface area contributed by atoms with Crippen LogP contribution in [0.3, 0.4) is 0 Å². The van der Waals surface area contributed by atoms with Crippen molar-refractivity contribution < 1.29 is 17.6 Å². The first kappa shape index (κ1) is 21.8. The number of benzene rings is 3. The van der Waals surface area contributed by atoms with E-state index < -0.39 is 21.9 Å². The maximum atomic E-state index is 13.1. The number of sulfonamides is 1. The minimum atomic E-state index is -3.82. The predicted octanol–water partition coefficient (Wildman–Crippen LogP) is 4.40. The van der Waals surface area contributed by atoms with Gasteiger partial charge in [0.1, 0.15) is 11.9 Å². The van der Waals surface area contributed by atoms with E-state index in [2.05, 4.69) is 10.0 Å². The number of amides is 1. The lowest BCUT2D eigenvalue weighted by Gasteiger charge is -2.27. The average Bonchev–Trinajstić information content (AvgIpc) is 3.10. The summed E-state index contributed by atoms with van der Waals surface area (Å²) in [5.74, 6) is -0.529. The monoisotopic (exact) mass is 453 g/mol. The van der Waals surface area contributed by atoms with Gasteiger partial charge in [0.25, 0.3) is 10.0 Å². The second-order valence-electron chi connectivity index (χ2n) is 7.89. The van der Waals surface area contributed by atoms with Crippen LogP contribution in [0.4, 0.5) is 21.5 Å². The predicted molar refractivity (Wildman–Crippen MR) is 124 cm³/mol. The average molecular weight is 454 g/mol. The zero-order chi connectivity index (χ0) is 22.9. The van der Waals surface area contributed by atoms with Crippen LogP contribution in [0.25, 0.3) is 0 Å². The fourth-order valence-electron chi connectivity index (χ4n) is 3.88. The molecule has 8 heteroatoms. The molecule has 0 saturated heterocycles. The summed E-state index contributed by atoms with van der Waals surface area (Å²) in [5.41, 5.74) is 3.17. The molecule has 1 aliphatic rings. The highest BCUT2D eigenvalue weighted by molar-refractivity contribution is 7.92. The minimum absolute atomic E-state index is 0.0245. The van der Waals surface area contributed by atoms with Crippen LogP contribution in [0.15, 0.2) is 77.7 Å². The summed E-state index contributed by atoms with van der Waals surface area (Å²) >= 11 is 0. The molecule has 0 spiro atoms. The van der Waals surface area contributed by atoms with Crippen LogP contribution in [0, 0.1) is 5.82 Å². The summed E-state index contributed by atoms with van der Waals surface area (Å²) in [6.07, 6.45) is 0.831. The summed E-state index contributed by atoms with van der Waals surface area (Å²) in [6, 6.07) is 18.8. The van der Waals surface area contributed by atoms with E-state index in [9.17, 15) is 17.6 Å². The quantitative estimate of drug-likeness (QED) is 0.580. The van der Waals surface area contributed by atoms with Crippen molar-refractivity contribution in [2.75, 3.05) is 14.9 Å². The van der Waals surface area contributed by atoms with E-state index in [0.29, 0.717) is 11.4 Å². The maximum absolute atomic E-state index is 13.1. The Morgan fingerprint density at radius 2 is 1.62 bits per heavy atom. The summed E-state index contributed by atoms with van der Waals surface area (Å²) in [6.45, 7) is 3.84. The lowest BCUT2D eigenvalue weighted by atomic mass is 10.1. The molecule has 3 aromatic carbocycles. The molecule has 1 aliphatic heterocycles. The molecule has 1 amide bonds. The van der Waals surface area contributed by atoms with Gasteiger partial charge in [-0.25, -0.2) is 12.8 Å². The normalized spacial score (nSPS) is 16.3. The Labute approximate surface area is 187 Å². The number of hydrogen-bond acceptors (Lipinski definition) is 4. The molecule has 3 aromatic rings. The minimum Gasteiger partial charge on any atom is -0.374 e. The first-order valence-corrected chi connectivity index (χ1v) is 11.8. The van der Waals surface area contributed by atoms with Gasteiger partial charge in [-0.2, -0.15) is 0 Å². The Kier molecular flexibility index (Phi) is 5.88. The lowest BCUT2D eigenvalue weighted by molar-refractivity contribution is -0.119. The van der Waals surface area contributed by atoms with E-state index in [1.165, 1.54) is 17.7 Å². The Bertz CT molecular complexity index is 1230. The van der Waals surface area contributed by atoms with Crippen LogP contribution < -0.4 is 14.9 Å². The molecule has 32 heavy (non-hydrogen) atoms. The first-order valence-electron chi connectivity index (χ1n) is 10.3. The number of nitrogens with zero attached hydrogens (tertiary/aromatic N) is 1. The summed E-state index contributed by atoms with van der Waals surface area (Å²) in [4.78, 5) is 14.9.